The average Bonchev–Trinajstić information content (AvgIpc) is 1.88. The SMILES string of the molecule is O=C(O)C1CCCCC1S. The van der Waals surface area contributed by atoms with E-state index in [4.69, 9.17) is 5.11 Å². The lowest BCUT2D eigenvalue weighted by atomic mass is 9.89. The normalized spacial score (nSPS) is 33.7. The third kappa shape index (κ3) is 1.66. The summed E-state index contributed by atoms with van der Waals surface area (Å²) in [7, 11) is 0. The summed E-state index contributed by atoms with van der Waals surface area (Å²) in [5, 5.41) is 8.75. The Morgan fingerprint density at radius 1 is 1.40 bits per heavy atom. The van der Waals surface area contributed by atoms with Crippen LogP contribution < -0.4 is 0 Å². The maximum Gasteiger partial charge on any atom is 0.307 e. The van der Waals surface area contributed by atoms with Crippen molar-refractivity contribution in [2.75, 3.05) is 0 Å². The van der Waals surface area contributed by atoms with Crippen LogP contribution in [0.3, 0.4) is 0 Å². The van der Waals surface area contributed by atoms with Gasteiger partial charge < -0.3 is 5.11 Å². The molecule has 2 unspecified atom stereocenters. The van der Waals surface area contributed by atoms with Crippen molar-refractivity contribution in [1.82, 2.24) is 0 Å². The second kappa shape index (κ2) is 3.28. The first kappa shape index (κ1) is 7.92. The van der Waals surface area contributed by atoms with Crippen LogP contribution in [0.2, 0.25) is 0 Å². The number of aliphatic carboxylic acids is 1. The molecule has 0 aromatic rings. The Bertz CT molecular complexity index is 136. The zero-order valence-corrected chi connectivity index (χ0v) is 6.68. The molecule has 0 radical (unpaired) electrons. The smallest absolute Gasteiger partial charge is 0.307 e. The number of thiol groups is 1. The van der Waals surface area contributed by atoms with E-state index >= 15 is 0 Å². The molecule has 1 N–H and O–H groups in total. The first-order valence-corrected chi connectivity index (χ1v) is 4.14. The quantitative estimate of drug-likeness (QED) is 0.571. The number of carbonyl (C=O) groups is 1. The van der Waals surface area contributed by atoms with Gasteiger partial charge in [-0.15, -0.1) is 0 Å². The van der Waals surface area contributed by atoms with Gasteiger partial charge in [-0.1, -0.05) is 12.8 Å². The molecule has 2 atom stereocenters. The van der Waals surface area contributed by atoms with Gasteiger partial charge in [0.2, 0.25) is 0 Å². The lowest BCUT2D eigenvalue weighted by Crippen LogP contribution is -2.27. The molecule has 0 amide bonds. The minimum atomic E-state index is -0.681. The summed E-state index contributed by atoms with van der Waals surface area (Å²) in [4.78, 5) is 10.5. The highest BCUT2D eigenvalue weighted by atomic mass is 32.1. The Morgan fingerprint density at radius 3 is 2.40 bits per heavy atom. The number of carboxylic acids is 1. The number of carboxylic acid groups (broad SMARTS) is 1. The molecule has 0 heterocycles. The van der Waals surface area contributed by atoms with E-state index in [1.165, 1.54) is 0 Å². The van der Waals surface area contributed by atoms with E-state index in [0.717, 1.165) is 25.7 Å². The molecule has 3 heteroatoms. The molecule has 0 aromatic heterocycles. The Kier molecular flexibility index (Phi) is 2.60. The topological polar surface area (TPSA) is 37.3 Å². The summed E-state index contributed by atoms with van der Waals surface area (Å²) >= 11 is 4.21. The third-order valence-corrected chi connectivity index (χ3v) is 2.66. The Labute approximate surface area is 66.0 Å². The molecule has 58 valence electrons. The Morgan fingerprint density at radius 2 is 2.00 bits per heavy atom. The first-order valence-electron chi connectivity index (χ1n) is 3.62. The summed E-state index contributed by atoms with van der Waals surface area (Å²) < 4.78 is 0. The van der Waals surface area contributed by atoms with E-state index in [0.29, 0.717) is 0 Å². The van der Waals surface area contributed by atoms with E-state index in [9.17, 15) is 4.79 Å². The van der Waals surface area contributed by atoms with Crippen molar-refractivity contribution in [2.45, 2.75) is 30.9 Å². The zero-order chi connectivity index (χ0) is 7.56. The van der Waals surface area contributed by atoms with Crippen LogP contribution >= 0.6 is 12.6 Å². The lowest BCUT2D eigenvalue weighted by molar-refractivity contribution is -0.142. The molecule has 1 rings (SSSR count). The molecular weight excluding hydrogens is 148 g/mol. The maximum atomic E-state index is 10.5. The zero-order valence-electron chi connectivity index (χ0n) is 5.79. The molecule has 0 aromatic carbocycles. The fourth-order valence-electron chi connectivity index (χ4n) is 1.40. The van der Waals surface area contributed by atoms with E-state index in [-0.39, 0.29) is 11.2 Å². The van der Waals surface area contributed by atoms with Gasteiger partial charge in [-0.3, -0.25) is 4.79 Å². The predicted octanol–water partition coefficient (Wildman–Crippen LogP) is 1.56. The van der Waals surface area contributed by atoms with Gasteiger partial charge in [0.05, 0.1) is 5.92 Å². The highest BCUT2D eigenvalue weighted by molar-refractivity contribution is 7.81. The van der Waals surface area contributed by atoms with E-state index < -0.39 is 5.97 Å². The van der Waals surface area contributed by atoms with Crippen molar-refractivity contribution >= 4 is 18.6 Å². The number of rotatable bonds is 1. The van der Waals surface area contributed by atoms with Crippen molar-refractivity contribution in [2.24, 2.45) is 5.92 Å². The summed E-state index contributed by atoms with van der Waals surface area (Å²) in [5.74, 6) is -0.878. The van der Waals surface area contributed by atoms with E-state index in [2.05, 4.69) is 12.6 Å². The van der Waals surface area contributed by atoms with Crippen LogP contribution in [-0.4, -0.2) is 16.3 Å². The van der Waals surface area contributed by atoms with E-state index in [1.807, 2.05) is 0 Å². The largest absolute Gasteiger partial charge is 0.481 e. The lowest BCUT2D eigenvalue weighted by Gasteiger charge is -2.23. The number of hydrogen-bond acceptors (Lipinski definition) is 2. The molecule has 1 fully saturated rings. The third-order valence-electron chi connectivity index (χ3n) is 2.05. The van der Waals surface area contributed by atoms with Crippen LogP contribution in [0.4, 0.5) is 0 Å². The van der Waals surface area contributed by atoms with Crippen LogP contribution in [0.1, 0.15) is 25.7 Å². The fraction of sp³-hybridized carbons (Fsp3) is 0.857. The first-order chi connectivity index (χ1) is 4.72. The molecule has 1 aliphatic rings. The van der Waals surface area contributed by atoms with Gasteiger partial charge in [0.25, 0.3) is 0 Å². The van der Waals surface area contributed by atoms with Crippen LogP contribution in [0.25, 0.3) is 0 Å². The van der Waals surface area contributed by atoms with Crippen LogP contribution in [-0.2, 0) is 4.79 Å². The van der Waals surface area contributed by atoms with Crippen molar-refractivity contribution in [3.05, 3.63) is 0 Å². The standard InChI is InChI=1S/C7H12O2S/c8-7(9)5-3-1-2-4-6(5)10/h5-6,10H,1-4H2,(H,8,9). The predicted molar refractivity (Wildman–Crippen MR) is 42.4 cm³/mol. The summed E-state index contributed by atoms with van der Waals surface area (Å²) in [6.45, 7) is 0. The summed E-state index contributed by atoms with van der Waals surface area (Å²) in [6.07, 6.45) is 3.95. The summed E-state index contributed by atoms with van der Waals surface area (Å²) in [6, 6.07) is 0. The highest BCUT2D eigenvalue weighted by Crippen LogP contribution is 2.28. The Hall–Kier alpha value is -0.180. The highest BCUT2D eigenvalue weighted by Gasteiger charge is 2.27. The van der Waals surface area contributed by atoms with Crippen molar-refractivity contribution in [1.29, 1.82) is 0 Å². The fourth-order valence-corrected chi connectivity index (χ4v) is 1.86. The molecule has 0 spiro atoms. The monoisotopic (exact) mass is 160 g/mol. The van der Waals surface area contributed by atoms with Crippen LogP contribution in [0, 0.1) is 5.92 Å². The minimum Gasteiger partial charge on any atom is -0.481 e. The van der Waals surface area contributed by atoms with Gasteiger partial charge >= 0.3 is 5.97 Å². The molecular formula is C7H12O2S. The number of hydrogen-bond donors (Lipinski definition) is 2. The van der Waals surface area contributed by atoms with Gasteiger partial charge in [-0.2, -0.15) is 12.6 Å². The Balaban J connectivity index is 2.47. The summed E-state index contributed by atoms with van der Waals surface area (Å²) in [5.41, 5.74) is 0. The van der Waals surface area contributed by atoms with Crippen molar-refractivity contribution in [3.8, 4) is 0 Å². The van der Waals surface area contributed by atoms with Gasteiger partial charge in [-0.25, -0.2) is 0 Å². The molecule has 0 aliphatic heterocycles. The van der Waals surface area contributed by atoms with Crippen molar-refractivity contribution in [3.63, 3.8) is 0 Å². The van der Waals surface area contributed by atoms with Gasteiger partial charge in [0.15, 0.2) is 0 Å². The average molecular weight is 160 g/mol. The molecule has 0 bridgehead atoms. The molecule has 1 saturated carbocycles. The van der Waals surface area contributed by atoms with E-state index in [1.54, 1.807) is 0 Å². The van der Waals surface area contributed by atoms with Gasteiger partial charge in [-0.05, 0) is 12.8 Å². The molecule has 0 saturated heterocycles. The molecule has 10 heavy (non-hydrogen) atoms. The molecule has 1 aliphatic carbocycles. The maximum absolute atomic E-state index is 10.5. The second-order valence-electron chi connectivity index (χ2n) is 2.80. The minimum absolute atomic E-state index is 0.0891. The van der Waals surface area contributed by atoms with Gasteiger partial charge in [0, 0.05) is 5.25 Å². The van der Waals surface area contributed by atoms with Gasteiger partial charge in [0.1, 0.15) is 0 Å². The second-order valence-corrected chi connectivity index (χ2v) is 3.46. The van der Waals surface area contributed by atoms with Crippen LogP contribution in [0.15, 0.2) is 0 Å². The molecule has 2 nitrogen and oxygen atoms in total. The van der Waals surface area contributed by atoms with Crippen molar-refractivity contribution < 1.29 is 9.90 Å². The van der Waals surface area contributed by atoms with Crippen LogP contribution in [0.5, 0.6) is 0 Å².